The lowest BCUT2D eigenvalue weighted by molar-refractivity contribution is 0.373. The molecule has 0 aromatic heterocycles. The first kappa shape index (κ1) is 23.2. The Hall–Kier alpha value is -0.830. The summed E-state index contributed by atoms with van der Waals surface area (Å²) in [5.41, 5.74) is 1.11. The summed E-state index contributed by atoms with van der Waals surface area (Å²) in [6.45, 7) is 3.65. The van der Waals surface area contributed by atoms with Crippen LogP contribution in [0.3, 0.4) is 0 Å². The van der Waals surface area contributed by atoms with Crippen LogP contribution < -0.4 is 15.4 Å². The third-order valence-electron chi connectivity index (χ3n) is 4.56. The van der Waals surface area contributed by atoms with Crippen molar-refractivity contribution in [3.05, 3.63) is 23.8 Å². The molecule has 0 spiro atoms. The van der Waals surface area contributed by atoms with Crippen molar-refractivity contribution in [1.82, 2.24) is 10.6 Å². The predicted octanol–water partition coefficient (Wildman–Crippen LogP) is 3.79. The number of guanidine groups is 1. The first-order chi connectivity index (χ1) is 12.2. The Balaban J connectivity index is 0.00000338. The molecule has 5 nitrogen and oxygen atoms in total. The van der Waals surface area contributed by atoms with E-state index in [1.165, 1.54) is 25.7 Å². The number of nitrogens with one attached hydrogen (secondary N) is 2. The molecule has 1 fully saturated rings. The lowest BCUT2D eigenvalue weighted by atomic mass is 9.95. The molecule has 26 heavy (non-hydrogen) atoms. The molecule has 3 N–H and O–H groups in total. The zero-order chi connectivity index (χ0) is 18.1. The van der Waals surface area contributed by atoms with E-state index in [1.807, 2.05) is 23.9 Å². The van der Waals surface area contributed by atoms with Crippen LogP contribution in [-0.4, -0.2) is 48.8 Å². The fourth-order valence-corrected chi connectivity index (χ4v) is 4.00. The Kier molecular flexibility index (Phi) is 11.2. The number of nitrogens with zero attached hydrogens (tertiary/aromatic N) is 1. The van der Waals surface area contributed by atoms with Gasteiger partial charge >= 0.3 is 0 Å². The highest BCUT2D eigenvalue weighted by atomic mass is 127. The fraction of sp³-hybridized carbons (Fsp3) is 0.632. The van der Waals surface area contributed by atoms with Crippen LogP contribution in [0.5, 0.6) is 11.5 Å². The Morgan fingerprint density at radius 2 is 2.19 bits per heavy atom. The summed E-state index contributed by atoms with van der Waals surface area (Å²) in [7, 11) is 1.57. The zero-order valence-electron chi connectivity index (χ0n) is 16.0. The normalized spacial score (nSPS) is 20.2. The number of phenols is 1. The van der Waals surface area contributed by atoms with Gasteiger partial charge in [-0.05, 0) is 56.6 Å². The van der Waals surface area contributed by atoms with Gasteiger partial charge in [-0.15, -0.1) is 24.0 Å². The van der Waals surface area contributed by atoms with E-state index in [4.69, 9.17) is 9.73 Å². The van der Waals surface area contributed by atoms with Crippen molar-refractivity contribution in [2.75, 3.05) is 26.5 Å². The molecule has 7 heteroatoms. The van der Waals surface area contributed by atoms with E-state index in [9.17, 15) is 5.11 Å². The second-order valence-corrected chi connectivity index (χ2v) is 7.52. The maximum atomic E-state index is 9.67. The van der Waals surface area contributed by atoms with Gasteiger partial charge in [0.2, 0.25) is 0 Å². The Morgan fingerprint density at radius 3 is 2.88 bits per heavy atom. The summed E-state index contributed by atoms with van der Waals surface area (Å²) in [4.78, 5) is 4.72. The second-order valence-electron chi connectivity index (χ2n) is 6.38. The van der Waals surface area contributed by atoms with Crippen molar-refractivity contribution in [2.45, 2.75) is 50.3 Å². The minimum absolute atomic E-state index is 0. The molecule has 0 radical (unpaired) electrons. The Labute approximate surface area is 178 Å². The fourth-order valence-electron chi connectivity index (χ4n) is 3.18. The van der Waals surface area contributed by atoms with Crippen LogP contribution in [0, 0.1) is 0 Å². The van der Waals surface area contributed by atoms with Gasteiger partial charge in [0, 0.05) is 24.4 Å². The van der Waals surface area contributed by atoms with Crippen LogP contribution in [0.4, 0.5) is 0 Å². The number of methoxy groups -OCH3 is 1. The van der Waals surface area contributed by atoms with Gasteiger partial charge in [-0.2, -0.15) is 11.8 Å². The van der Waals surface area contributed by atoms with Crippen LogP contribution in [0.1, 0.15) is 38.2 Å². The summed E-state index contributed by atoms with van der Waals surface area (Å²) in [5, 5.41) is 17.4. The van der Waals surface area contributed by atoms with Crippen molar-refractivity contribution in [3.8, 4) is 11.5 Å². The van der Waals surface area contributed by atoms with Crippen molar-refractivity contribution < 1.29 is 9.84 Å². The highest BCUT2D eigenvalue weighted by Gasteiger charge is 2.21. The van der Waals surface area contributed by atoms with E-state index < -0.39 is 0 Å². The first-order valence-electron chi connectivity index (χ1n) is 9.09. The van der Waals surface area contributed by atoms with Gasteiger partial charge in [0.15, 0.2) is 17.5 Å². The minimum atomic E-state index is 0. The topological polar surface area (TPSA) is 65.9 Å². The number of halogens is 1. The van der Waals surface area contributed by atoms with Gasteiger partial charge in [-0.25, -0.2) is 0 Å². The molecule has 2 rings (SSSR count). The molecule has 148 valence electrons. The largest absolute Gasteiger partial charge is 0.504 e. The highest BCUT2D eigenvalue weighted by molar-refractivity contribution is 14.0. The standard InChI is InChI=1S/C19H31N3O2S.HI/c1-4-20-19(22-15-6-5-7-16(13-15)25-3)21-11-10-14-8-9-17(23)18(12-14)24-2;/h8-9,12,15-16,23H,4-7,10-11,13H2,1-3H3,(H2,20,21,22);1H. The molecule has 2 unspecified atom stereocenters. The van der Waals surface area contributed by atoms with Crippen LogP contribution in [-0.2, 0) is 6.42 Å². The number of thioether (sulfide) groups is 1. The van der Waals surface area contributed by atoms with Crippen LogP contribution >= 0.6 is 35.7 Å². The van der Waals surface area contributed by atoms with Gasteiger partial charge < -0.3 is 20.5 Å². The number of ether oxygens (including phenoxy) is 1. The summed E-state index contributed by atoms with van der Waals surface area (Å²) in [6.07, 6.45) is 8.06. The number of benzene rings is 1. The Morgan fingerprint density at radius 1 is 1.38 bits per heavy atom. The average molecular weight is 493 g/mol. The van der Waals surface area contributed by atoms with E-state index in [0.29, 0.717) is 18.3 Å². The number of hydrogen-bond donors (Lipinski definition) is 3. The van der Waals surface area contributed by atoms with E-state index in [0.717, 1.165) is 29.7 Å². The van der Waals surface area contributed by atoms with Crippen molar-refractivity contribution in [3.63, 3.8) is 0 Å². The SMILES string of the molecule is CCNC(=NCCc1ccc(O)c(OC)c1)NC1CCCC(SC)C1.I. The molecular formula is C19H32IN3O2S. The molecule has 0 saturated heterocycles. The smallest absolute Gasteiger partial charge is 0.191 e. The second kappa shape index (κ2) is 12.5. The lowest BCUT2D eigenvalue weighted by Gasteiger charge is -2.29. The van der Waals surface area contributed by atoms with Crippen molar-refractivity contribution in [1.29, 1.82) is 0 Å². The minimum Gasteiger partial charge on any atom is -0.504 e. The van der Waals surface area contributed by atoms with Crippen molar-refractivity contribution >= 4 is 41.7 Å². The molecule has 2 atom stereocenters. The van der Waals surface area contributed by atoms with Crippen molar-refractivity contribution in [2.24, 2.45) is 4.99 Å². The summed E-state index contributed by atoms with van der Waals surface area (Å²) in [6, 6.07) is 5.97. The third kappa shape index (κ3) is 7.42. The molecule has 1 saturated carbocycles. The molecule has 0 bridgehead atoms. The first-order valence-corrected chi connectivity index (χ1v) is 10.4. The van der Waals surface area contributed by atoms with E-state index in [2.05, 4.69) is 23.8 Å². The molecular weight excluding hydrogens is 461 g/mol. The van der Waals surface area contributed by atoms with Gasteiger partial charge in [-0.3, -0.25) is 4.99 Å². The molecule has 0 amide bonds. The average Bonchev–Trinajstić information content (AvgIpc) is 2.63. The number of hydrogen-bond acceptors (Lipinski definition) is 4. The van der Waals surface area contributed by atoms with Gasteiger partial charge in [0.1, 0.15) is 0 Å². The molecule has 0 heterocycles. The quantitative estimate of drug-likeness (QED) is 0.307. The van der Waals surface area contributed by atoms with Gasteiger partial charge in [0.25, 0.3) is 0 Å². The van der Waals surface area contributed by atoms with E-state index in [1.54, 1.807) is 13.2 Å². The molecule has 1 aromatic carbocycles. The molecule has 1 aromatic rings. The predicted molar refractivity (Wildman–Crippen MR) is 122 cm³/mol. The zero-order valence-corrected chi connectivity index (χ0v) is 19.1. The number of aromatic hydroxyl groups is 1. The molecule has 0 aliphatic heterocycles. The van der Waals surface area contributed by atoms with Crippen LogP contribution in [0.2, 0.25) is 0 Å². The van der Waals surface area contributed by atoms with E-state index in [-0.39, 0.29) is 29.7 Å². The maximum Gasteiger partial charge on any atom is 0.191 e. The van der Waals surface area contributed by atoms with Crippen LogP contribution in [0.25, 0.3) is 0 Å². The number of rotatable bonds is 7. The van der Waals surface area contributed by atoms with Crippen LogP contribution in [0.15, 0.2) is 23.2 Å². The monoisotopic (exact) mass is 493 g/mol. The maximum absolute atomic E-state index is 9.67. The molecule has 1 aliphatic rings. The number of aliphatic imine (C=N–C) groups is 1. The van der Waals surface area contributed by atoms with Gasteiger partial charge in [-0.1, -0.05) is 12.5 Å². The summed E-state index contributed by atoms with van der Waals surface area (Å²) in [5.74, 6) is 1.59. The highest BCUT2D eigenvalue weighted by Crippen LogP contribution is 2.27. The summed E-state index contributed by atoms with van der Waals surface area (Å²) >= 11 is 1.98. The van der Waals surface area contributed by atoms with Gasteiger partial charge in [0.05, 0.1) is 7.11 Å². The summed E-state index contributed by atoms with van der Waals surface area (Å²) < 4.78 is 5.16. The molecule has 1 aliphatic carbocycles. The number of phenolic OH excluding ortho intramolecular Hbond substituents is 1. The third-order valence-corrected chi connectivity index (χ3v) is 5.65. The van der Waals surface area contributed by atoms with E-state index >= 15 is 0 Å². The Bertz CT molecular complexity index is 572. The lowest BCUT2D eigenvalue weighted by Crippen LogP contribution is -2.45.